The summed E-state index contributed by atoms with van der Waals surface area (Å²) >= 11 is 0. The van der Waals surface area contributed by atoms with Gasteiger partial charge in [0.25, 0.3) is 0 Å². The molecule has 0 aromatic heterocycles. The number of nitrogens with one attached hydrogen (secondary N) is 1. The SMILES string of the molecule is CC(C)(C(=O)Nc1cccc(C#N)c1)C(=O)N(Cc1ccccc1)c1ccccc1. The zero-order valence-electron chi connectivity index (χ0n) is 17.0. The third kappa shape index (κ3) is 4.73. The number of carbonyl (C=O) groups excluding carboxylic acids is 2. The van der Waals surface area contributed by atoms with Crippen LogP contribution in [-0.4, -0.2) is 11.8 Å². The van der Waals surface area contributed by atoms with Crippen LogP contribution in [0.4, 0.5) is 11.4 Å². The molecule has 3 aromatic carbocycles. The first-order chi connectivity index (χ1) is 14.4. The van der Waals surface area contributed by atoms with Gasteiger partial charge in [0, 0.05) is 11.4 Å². The first-order valence-electron chi connectivity index (χ1n) is 9.64. The minimum Gasteiger partial charge on any atom is -0.325 e. The maximum absolute atomic E-state index is 13.5. The Morgan fingerprint density at radius 1 is 0.933 bits per heavy atom. The van der Waals surface area contributed by atoms with Crippen molar-refractivity contribution < 1.29 is 9.59 Å². The molecule has 0 bridgehead atoms. The van der Waals surface area contributed by atoms with Crippen LogP contribution in [0, 0.1) is 16.7 Å². The molecule has 0 aliphatic carbocycles. The third-order valence-corrected chi connectivity index (χ3v) is 4.85. The minimum atomic E-state index is -1.33. The molecule has 5 heteroatoms. The van der Waals surface area contributed by atoms with Crippen LogP contribution in [-0.2, 0) is 16.1 Å². The lowest BCUT2D eigenvalue weighted by atomic mass is 9.89. The molecule has 0 fully saturated rings. The molecule has 30 heavy (non-hydrogen) atoms. The van der Waals surface area contributed by atoms with Crippen LogP contribution in [0.15, 0.2) is 84.9 Å². The summed E-state index contributed by atoms with van der Waals surface area (Å²) in [5, 5.41) is 11.8. The lowest BCUT2D eigenvalue weighted by Gasteiger charge is -2.31. The Balaban J connectivity index is 1.87. The largest absolute Gasteiger partial charge is 0.325 e. The van der Waals surface area contributed by atoms with Crippen molar-refractivity contribution in [2.45, 2.75) is 20.4 Å². The van der Waals surface area contributed by atoms with E-state index in [-0.39, 0.29) is 5.91 Å². The van der Waals surface area contributed by atoms with Gasteiger partial charge in [-0.2, -0.15) is 5.26 Å². The normalized spacial score (nSPS) is 10.7. The number of rotatable bonds is 6. The Morgan fingerprint density at radius 2 is 1.57 bits per heavy atom. The van der Waals surface area contributed by atoms with E-state index in [4.69, 9.17) is 5.26 Å². The summed E-state index contributed by atoms with van der Waals surface area (Å²) in [6.07, 6.45) is 0. The van der Waals surface area contributed by atoms with E-state index in [1.54, 1.807) is 43.0 Å². The molecule has 2 amide bonds. The Bertz CT molecular complexity index is 1070. The average Bonchev–Trinajstić information content (AvgIpc) is 2.78. The molecule has 1 N–H and O–H groups in total. The highest BCUT2D eigenvalue weighted by molar-refractivity contribution is 6.14. The summed E-state index contributed by atoms with van der Waals surface area (Å²) in [4.78, 5) is 28.2. The maximum atomic E-state index is 13.5. The Labute approximate surface area is 176 Å². The van der Waals surface area contributed by atoms with E-state index in [2.05, 4.69) is 5.32 Å². The van der Waals surface area contributed by atoms with Gasteiger partial charge in [0.1, 0.15) is 5.41 Å². The van der Waals surface area contributed by atoms with Crippen LogP contribution in [0.25, 0.3) is 0 Å². The minimum absolute atomic E-state index is 0.313. The highest BCUT2D eigenvalue weighted by atomic mass is 16.2. The van der Waals surface area contributed by atoms with Crippen molar-refractivity contribution >= 4 is 23.2 Å². The molecule has 0 aliphatic rings. The number of benzene rings is 3. The molecule has 150 valence electrons. The predicted octanol–water partition coefficient (Wildman–Crippen LogP) is 4.76. The number of hydrogen-bond acceptors (Lipinski definition) is 3. The number of nitriles is 1. The molecule has 0 atom stereocenters. The van der Waals surface area contributed by atoms with Gasteiger partial charge in [0.2, 0.25) is 11.8 Å². The van der Waals surface area contributed by atoms with Crippen LogP contribution >= 0.6 is 0 Å². The van der Waals surface area contributed by atoms with Gasteiger partial charge in [-0.05, 0) is 49.7 Å². The summed E-state index contributed by atoms with van der Waals surface area (Å²) in [5.74, 6) is -0.747. The van der Waals surface area contributed by atoms with Crippen molar-refractivity contribution in [1.29, 1.82) is 5.26 Å². The van der Waals surface area contributed by atoms with Crippen molar-refractivity contribution in [1.82, 2.24) is 0 Å². The highest BCUT2D eigenvalue weighted by Gasteiger charge is 2.40. The van der Waals surface area contributed by atoms with Crippen molar-refractivity contribution in [3.05, 3.63) is 96.1 Å². The predicted molar refractivity (Wildman–Crippen MR) is 118 cm³/mol. The standard InChI is InChI=1S/C25H23N3O2/c1-25(2,23(29)27-21-13-9-12-20(16-21)17-26)24(30)28(22-14-7-4-8-15-22)18-19-10-5-3-6-11-19/h3-16H,18H2,1-2H3,(H,27,29). The first kappa shape index (κ1) is 20.8. The number of carbonyl (C=O) groups is 2. The molecule has 0 aliphatic heterocycles. The molecule has 0 radical (unpaired) electrons. The van der Waals surface area contributed by atoms with E-state index in [0.717, 1.165) is 11.3 Å². The molecular formula is C25H23N3O2. The second-order valence-corrected chi connectivity index (χ2v) is 7.48. The number of amides is 2. The van der Waals surface area contributed by atoms with Crippen molar-refractivity contribution in [3.8, 4) is 6.07 Å². The van der Waals surface area contributed by atoms with Gasteiger partial charge in [-0.25, -0.2) is 0 Å². The molecule has 3 rings (SSSR count). The van der Waals surface area contributed by atoms with Gasteiger partial charge < -0.3 is 10.2 Å². The first-order valence-corrected chi connectivity index (χ1v) is 9.64. The molecule has 0 saturated carbocycles. The van der Waals surface area contributed by atoms with E-state index in [1.807, 2.05) is 66.7 Å². The molecule has 0 spiro atoms. The summed E-state index contributed by atoms with van der Waals surface area (Å²) in [5.41, 5.74) is 1.28. The fourth-order valence-electron chi connectivity index (χ4n) is 3.04. The molecule has 5 nitrogen and oxygen atoms in total. The maximum Gasteiger partial charge on any atom is 0.242 e. The van der Waals surface area contributed by atoms with Gasteiger partial charge in [0.05, 0.1) is 18.2 Å². The van der Waals surface area contributed by atoms with Crippen molar-refractivity contribution in [2.75, 3.05) is 10.2 Å². The molecule has 3 aromatic rings. The van der Waals surface area contributed by atoms with Crippen molar-refractivity contribution in [2.24, 2.45) is 5.41 Å². The Morgan fingerprint density at radius 3 is 2.20 bits per heavy atom. The summed E-state index contributed by atoms with van der Waals surface area (Å²) in [7, 11) is 0. The number of para-hydroxylation sites is 1. The quantitative estimate of drug-likeness (QED) is 0.610. The van der Waals surface area contributed by atoms with Gasteiger partial charge in [-0.1, -0.05) is 54.6 Å². The fraction of sp³-hybridized carbons (Fsp3) is 0.160. The second kappa shape index (κ2) is 9.06. The number of anilines is 2. The van der Waals surface area contributed by atoms with Crippen LogP contribution in [0.2, 0.25) is 0 Å². The zero-order valence-corrected chi connectivity index (χ0v) is 17.0. The third-order valence-electron chi connectivity index (χ3n) is 4.85. The van der Waals surface area contributed by atoms with Gasteiger partial charge in [-0.15, -0.1) is 0 Å². The molecule has 0 heterocycles. The molecular weight excluding hydrogens is 374 g/mol. The molecule has 0 saturated heterocycles. The summed E-state index contributed by atoms with van der Waals surface area (Å²) in [6.45, 7) is 3.57. The number of nitrogens with zero attached hydrogens (tertiary/aromatic N) is 2. The van der Waals surface area contributed by atoms with Crippen LogP contribution < -0.4 is 10.2 Å². The lowest BCUT2D eigenvalue weighted by molar-refractivity contribution is -0.136. The van der Waals surface area contributed by atoms with E-state index < -0.39 is 11.3 Å². The van der Waals surface area contributed by atoms with Gasteiger partial charge >= 0.3 is 0 Å². The monoisotopic (exact) mass is 397 g/mol. The van der Waals surface area contributed by atoms with E-state index in [1.165, 1.54) is 0 Å². The van der Waals surface area contributed by atoms with Crippen molar-refractivity contribution in [3.63, 3.8) is 0 Å². The van der Waals surface area contributed by atoms with Crippen LogP contribution in [0.5, 0.6) is 0 Å². The van der Waals surface area contributed by atoms with Crippen LogP contribution in [0.1, 0.15) is 25.0 Å². The lowest BCUT2D eigenvalue weighted by Crippen LogP contribution is -2.47. The average molecular weight is 397 g/mol. The molecule has 0 unspecified atom stereocenters. The second-order valence-electron chi connectivity index (χ2n) is 7.48. The summed E-state index contributed by atoms with van der Waals surface area (Å²) < 4.78 is 0. The number of hydrogen-bond donors (Lipinski definition) is 1. The van der Waals surface area contributed by atoms with Gasteiger partial charge in [-0.3, -0.25) is 9.59 Å². The van der Waals surface area contributed by atoms with Crippen LogP contribution in [0.3, 0.4) is 0 Å². The Kier molecular flexibility index (Phi) is 6.29. The zero-order chi connectivity index (χ0) is 21.6. The highest BCUT2D eigenvalue weighted by Crippen LogP contribution is 2.27. The van der Waals surface area contributed by atoms with E-state index >= 15 is 0 Å². The van der Waals surface area contributed by atoms with E-state index in [9.17, 15) is 9.59 Å². The fourth-order valence-corrected chi connectivity index (χ4v) is 3.04. The van der Waals surface area contributed by atoms with Gasteiger partial charge in [0.15, 0.2) is 0 Å². The summed E-state index contributed by atoms with van der Waals surface area (Å²) in [6, 6.07) is 27.6. The van der Waals surface area contributed by atoms with E-state index in [0.29, 0.717) is 17.8 Å². The topological polar surface area (TPSA) is 73.2 Å². The smallest absolute Gasteiger partial charge is 0.242 e. The Hall–Kier alpha value is -3.91.